The molecule has 1 aromatic heterocycles. The first-order valence-corrected chi connectivity index (χ1v) is 6.05. The quantitative estimate of drug-likeness (QED) is 0.850. The van der Waals surface area contributed by atoms with Crippen molar-refractivity contribution in [3.8, 4) is 6.07 Å². The van der Waals surface area contributed by atoms with E-state index in [0.717, 1.165) is 17.8 Å². The normalized spacial score (nSPS) is 11.8. The Kier molecular flexibility index (Phi) is 4.86. The van der Waals surface area contributed by atoms with Gasteiger partial charge in [-0.2, -0.15) is 5.26 Å². The third kappa shape index (κ3) is 3.28. The van der Waals surface area contributed by atoms with Gasteiger partial charge in [0.15, 0.2) is 0 Å². The average Bonchev–Trinajstić information content (AvgIpc) is 2.73. The van der Waals surface area contributed by atoms with Crippen molar-refractivity contribution >= 4 is 22.4 Å². The van der Waals surface area contributed by atoms with Crippen LogP contribution in [0.3, 0.4) is 0 Å². The van der Waals surface area contributed by atoms with Crippen LogP contribution in [0.25, 0.3) is 0 Å². The van der Waals surface area contributed by atoms with Gasteiger partial charge in [0.1, 0.15) is 10.9 Å². The van der Waals surface area contributed by atoms with Crippen LogP contribution in [-0.2, 0) is 11.2 Å². The summed E-state index contributed by atoms with van der Waals surface area (Å²) in [5.74, 6) is -0.887. The molecular formula is C10H14N4OS. The van der Waals surface area contributed by atoms with Crippen molar-refractivity contribution in [2.45, 2.75) is 33.1 Å². The number of nitriles is 1. The number of carbonyl (C=O) groups is 1. The number of nitrogens with zero attached hydrogens (tertiary/aromatic N) is 3. The number of aromatic nitrogens is 2. The number of rotatable bonds is 5. The van der Waals surface area contributed by atoms with E-state index < -0.39 is 5.92 Å². The van der Waals surface area contributed by atoms with Crippen LogP contribution in [0.2, 0.25) is 0 Å². The highest BCUT2D eigenvalue weighted by molar-refractivity contribution is 7.15. The van der Waals surface area contributed by atoms with Crippen molar-refractivity contribution < 1.29 is 4.79 Å². The molecule has 1 N–H and O–H groups in total. The number of aryl methyl sites for hydroxylation is 1. The van der Waals surface area contributed by atoms with Crippen LogP contribution < -0.4 is 5.32 Å². The van der Waals surface area contributed by atoms with Gasteiger partial charge in [-0.05, 0) is 12.8 Å². The fraction of sp³-hybridized carbons (Fsp3) is 0.600. The molecule has 0 aliphatic rings. The van der Waals surface area contributed by atoms with E-state index in [9.17, 15) is 4.79 Å². The number of carbonyl (C=O) groups excluding carboxylic acids is 1. The van der Waals surface area contributed by atoms with E-state index in [1.54, 1.807) is 0 Å². The molecule has 1 atom stereocenters. The largest absolute Gasteiger partial charge is 0.299 e. The highest BCUT2D eigenvalue weighted by Crippen LogP contribution is 2.17. The minimum Gasteiger partial charge on any atom is -0.299 e. The highest BCUT2D eigenvalue weighted by atomic mass is 32.1. The Balaban J connectivity index is 2.59. The molecule has 0 aromatic carbocycles. The lowest BCUT2D eigenvalue weighted by Crippen LogP contribution is -2.21. The van der Waals surface area contributed by atoms with Crippen LogP contribution in [0, 0.1) is 17.2 Å². The lowest BCUT2D eigenvalue weighted by Gasteiger charge is -2.05. The van der Waals surface area contributed by atoms with Gasteiger partial charge >= 0.3 is 0 Å². The summed E-state index contributed by atoms with van der Waals surface area (Å²) in [6, 6.07) is 1.99. The summed E-state index contributed by atoms with van der Waals surface area (Å²) < 4.78 is 0. The maximum absolute atomic E-state index is 11.6. The van der Waals surface area contributed by atoms with Crippen molar-refractivity contribution in [3.05, 3.63) is 5.01 Å². The summed E-state index contributed by atoms with van der Waals surface area (Å²) >= 11 is 1.34. The third-order valence-corrected chi connectivity index (χ3v) is 3.03. The van der Waals surface area contributed by atoms with Crippen molar-refractivity contribution in [1.29, 1.82) is 5.26 Å². The second-order valence-electron chi connectivity index (χ2n) is 3.31. The number of amides is 1. The molecule has 5 nitrogen and oxygen atoms in total. The maximum atomic E-state index is 11.6. The van der Waals surface area contributed by atoms with Gasteiger partial charge in [-0.25, -0.2) is 0 Å². The van der Waals surface area contributed by atoms with E-state index in [-0.39, 0.29) is 5.91 Å². The van der Waals surface area contributed by atoms with Crippen LogP contribution in [0.1, 0.15) is 31.7 Å². The SMILES string of the molecule is CCCC(C#N)C(=O)Nc1nnc(CC)s1. The van der Waals surface area contributed by atoms with Crippen LogP contribution >= 0.6 is 11.3 Å². The number of hydrogen-bond acceptors (Lipinski definition) is 5. The molecule has 0 spiro atoms. The molecule has 1 aromatic rings. The molecule has 1 rings (SSSR count). The Labute approximate surface area is 98.5 Å². The van der Waals surface area contributed by atoms with Gasteiger partial charge in [0.25, 0.3) is 0 Å². The minimum atomic E-state index is -0.598. The molecule has 0 aliphatic heterocycles. The van der Waals surface area contributed by atoms with Gasteiger partial charge < -0.3 is 0 Å². The number of hydrogen-bond donors (Lipinski definition) is 1. The van der Waals surface area contributed by atoms with Crippen molar-refractivity contribution in [1.82, 2.24) is 10.2 Å². The van der Waals surface area contributed by atoms with Crippen molar-refractivity contribution in [2.75, 3.05) is 5.32 Å². The zero-order valence-corrected chi connectivity index (χ0v) is 10.2. The van der Waals surface area contributed by atoms with Crippen molar-refractivity contribution in [2.24, 2.45) is 5.92 Å². The summed E-state index contributed by atoms with van der Waals surface area (Å²) in [7, 11) is 0. The van der Waals surface area contributed by atoms with Gasteiger partial charge in [0.05, 0.1) is 6.07 Å². The molecule has 1 amide bonds. The first kappa shape index (κ1) is 12.6. The molecule has 0 bridgehead atoms. The molecular weight excluding hydrogens is 224 g/mol. The molecule has 0 radical (unpaired) electrons. The van der Waals surface area contributed by atoms with Gasteiger partial charge in [0.2, 0.25) is 11.0 Å². The highest BCUT2D eigenvalue weighted by Gasteiger charge is 2.18. The molecule has 16 heavy (non-hydrogen) atoms. The predicted molar refractivity (Wildman–Crippen MR) is 61.9 cm³/mol. The lowest BCUT2D eigenvalue weighted by atomic mass is 10.1. The van der Waals surface area contributed by atoms with Crippen LogP contribution in [0.5, 0.6) is 0 Å². The summed E-state index contributed by atoms with van der Waals surface area (Å²) in [5.41, 5.74) is 0. The van der Waals surface area contributed by atoms with Gasteiger partial charge in [-0.15, -0.1) is 10.2 Å². The third-order valence-electron chi connectivity index (χ3n) is 2.05. The second kappa shape index (κ2) is 6.18. The summed E-state index contributed by atoms with van der Waals surface area (Å²) in [4.78, 5) is 11.6. The van der Waals surface area contributed by atoms with E-state index >= 15 is 0 Å². The number of anilines is 1. The second-order valence-corrected chi connectivity index (χ2v) is 4.38. The first-order chi connectivity index (χ1) is 7.71. The Bertz CT molecular complexity index is 396. The zero-order chi connectivity index (χ0) is 12.0. The smallest absolute Gasteiger partial charge is 0.243 e. The van der Waals surface area contributed by atoms with Gasteiger partial charge in [-0.1, -0.05) is 31.6 Å². The maximum Gasteiger partial charge on any atom is 0.243 e. The predicted octanol–water partition coefficient (Wildman–Crippen LogP) is 1.98. The Morgan fingerprint density at radius 3 is 2.81 bits per heavy atom. The van der Waals surface area contributed by atoms with E-state index in [0.29, 0.717) is 11.6 Å². The topological polar surface area (TPSA) is 78.7 Å². The molecule has 86 valence electrons. The molecule has 0 saturated carbocycles. The summed E-state index contributed by atoms with van der Waals surface area (Å²) in [5, 5.41) is 20.5. The van der Waals surface area contributed by atoms with Gasteiger partial charge in [0, 0.05) is 0 Å². The number of nitrogens with one attached hydrogen (secondary N) is 1. The molecule has 1 unspecified atom stereocenters. The minimum absolute atomic E-state index is 0.289. The Hall–Kier alpha value is -1.48. The van der Waals surface area contributed by atoms with E-state index in [1.807, 2.05) is 19.9 Å². The molecule has 1 heterocycles. The summed E-state index contributed by atoms with van der Waals surface area (Å²) in [6.07, 6.45) is 2.17. The van der Waals surface area contributed by atoms with E-state index in [4.69, 9.17) is 5.26 Å². The fourth-order valence-electron chi connectivity index (χ4n) is 1.18. The molecule has 0 saturated heterocycles. The Morgan fingerprint density at radius 2 is 2.31 bits per heavy atom. The van der Waals surface area contributed by atoms with E-state index in [2.05, 4.69) is 15.5 Å². The van der Waals surface area contributed by atoms with E-state index in [1.165, 1.54) is 11.3 Å². The standard InChI is InChI=1S/C10H14N4OS/c1-3-5-7(6-11)9(15)12-10-14-13-8(4-2)16-10/h7H,3-5H2,1-2H3,(H,12,14,15). The lowest BCUT2D eigenvalue weighted by molar-refractivity contribution is -0.118. The Morgan fingerprint density at radius 1 is 1.56 bits per heavy atom. The molecule has 6 heteroatoms. The van der Waals surface area contributed by atoms with Crippen LogP contribution in [0.15, 0.2) is 0 Å². The zero-order valence-electron chi connectivity index (χ0n) is 9.36. The average molecular weight is 238 g/mol. The van der Waals surface area contributed by atoms with Crippen LogP contribution in [-0.4, -0.2) is 16.1 Å². The fourth-order valence-corrected chi connectivity index (χ4v) is 1.86. The van der Waals surface area contributed by atoms with Crippen molar-refractivity contribution in [3.63, 3.8) is 0 Å². The molecule has 0 fully saturated rings. The monoisotopic (exact) mass is 238 g/mol. The summed E-state index contributed by atoms with van der Waals surface area (Å²) in [6.45, 7) is 3.92. The molecule has 0 aliphatic carbocycles. The first-order valence-electron chi connectivity index (χ1n) is 5.24. The van der Waals surface area contributed by atoms with Crippen LogP contribution in [0.4, 0.5) is 5.13 Å². The van der Waals surface area contributed by atoms with Gasteiger partial charge in [-0.3, -0.25) is 10.1 Å².